The van der Waals surface area contributed by atoms with Gasteiger partial charge in [0, 0.05) is 12.3 Å². The first-order valence-corrected chi connectivity index (χ1v) is 9.36. The molecule has 0 bridgehead atoms. The number of sulfone groups is 1. The fraction of sp³-hybridized carbons (Fsp3) is 0.857. The van der Waals surface area contributed by atoms with Gasteiger partial charge in [0.25, 0.3) is 0 Å². The third kappa shape index (κ3) is 3.96. The van der Waals surface area contributed by atoms with Crippen LogP contribution in [0.1, 0.15) is 47.0 Å². The van der Waals surface area contributed by atoms with Gasteiger partial charge in [0.2, 0.25) is 11.8 Å². The van der Waals surface area contributed by atoms with Crippen molar-refractivity contribution in [2.45, 2.75) is 58.5 Å². The van der Waals surface area contributed by atoms with Crippen LogP contribution in [0, 0.1) is 0 Å². The average molecular weight is 318 g/mol. The fourth-order valence-corrected chi connectivity index (χ4v) is 3.86. The van der Waals surface area contributed by atoms with Crippen LogP contribution in [-0.2, 0) is 19.4 Å². The Kier molecular flexibility index (Phi) is 5.78. The molecule has 1 N–H and O–H groups in total. The van der Waals surface area contributed by atoms with Gasteiger partial charge in [-0.1, -0.05) is 20.8 Å². The lowest BCUT2D eigenvalue weighted by Gasteiger charge is -2.43. The first kappa shape index (κ1) is 17.9. The number of nitrogens with zero attached hydrogens (tertiary/aromatic N) is 1. The summed E-state index contributed by atoms with van der Waals surface area (Å²) in [6, 6.07) is -0.575. The second-order valence-corrected chi connectivity index (χ2v) is 8.05. The second-order valence-electron chi connectivity index (χ2n) is 5.75. The molecule has 0 aromatic carbocycles. The Morgan fingerprint density at radius 3 is 2.29 bits per heavy atom. The first-order valence-electron chi connectivity index (χ1n) is 7.54. The minimum Gasteiger partial charge on any atom is -0.340 e. The molecule has 0 aliphatic carbocycles. The summed E-state index contributed by atoms with van der Waals surface area (Å²) in [6.45, 7) is 7.23. The highest BCUT2D eigenvalue weighted by Gasteiger charge is 2.46. The number of nitrogens with one attached hydrogen (secondary N) is 1. The van der Waals surface area contributed by atoms with Crippen molar-refractivity contribution in [2.24, 2.45) is 0 Å². The molecule has 122 valence electrons. The predicted molar refractivity (Wildman–Crippen MR) is 81.6 cm³/mol. The topological polar surface area (TPSA) is 83.6 Å². The number of carbonyl (C=O) groups is 2. The van der Waals surface area contributed by atoms with E-state index >= 15 is 0 Å². The van der Waals surface area contributed by atoms with Crippen LogP contribution in [0.25, 0.3) is 0 Å². The molecule has 2 atom stereocenters. The van der Waals surface area contributed by atoms with Crippen molar-refractivity contribution in [1.82, 2.24) is 10.2 Å². The lowest BCUT2D eigenvalue weighted by molar-refractivity contribution is -0.154. The normalized spacial score (nSPS) is 26.9. The Hall–Kier alpha value is -1.11. The van der Waals surface area contributed by atoms with Gasteiger partial charge in [-0.25, -0.2) is 8.42 Å². The summed E-state index contributed by atoms with van der Waals surface area (Å²) in [5, 5.41) is 2.77. The third-order valence-corrected chi connectivity index (χ3v) is 5.90. The number of hydrogen-bond acceptors (Lipinski definition) is 4. The van der Waals surface area contributed by atoms with Crippen LogP contribution in [0.2, 0.25) is 0 Å². The van der Waals surface area contributed by atoms with Crippen molar-refractivity contribution >= 4 is 21.7 Å². The van der Waals surface area contributed by atoms with E-state index in [0.29, 0.717) is 19.3 Å². The third-order valence-electron chi connectivity index (χ3n) is 4.06. The fourth-order valence-electron chi connectivity index (χ4n) is 2.56. The van der Waals surface area contributed by atoms with Gasteiger partial charge >= 0.3 is 0 Å². The smallest absolute Gasteiger partial charge is 0.248 e. The van der Waals surface area contributed by atoms with E-state index < -0.39 is 21.4 Å². The molecule has 1 rings (SSSR count). The lowest BCUT2D eigenvalue weighted by Crippen LogP contribution is -2.69. The number of rotatable bonds is 7. The highest BCUT2D eigenvalue weighted by molar-refractivity contribution is 7.91. The van der Waals surface area contributed by atoms with E-state index in [1.165, 1.54) is 4.90 Å². The molecule has 7 heteroatoms. The van der Waals surface area contributed by atoms with Crippen LogP contribution >= 0.6 is 0 Å². The molecular formula is C14H26N2O4S. The van der Waals surface area contributed by atoms with Crippen molar-refractivity contribution in [2.75, 3.05) is 18.1 Å². The van der Waals surface area contributed by atoms with Crippen LogP contribution < -0.4 is 5.32 Å². The summed E-state index contributed by atoms with van der Waals surface area (Å²) in [5.74, 6) is -0.364. The number of hydrogen-bond donors (Lipinski definition) is 1. The van der Waals surface area contributed by atoms with Gasteiger partial charge in [-0.15, -0.1) is 0 Å². The second kappa shape index (κ2) is 6.77. The molecule has 21 heavy (non-hydrogen) atoms. The van der Waals surface area contributed by atoms with Gasteiger partial charge < -0.3 is 10.2 Å². The molecule has 2 amide bonds. The van der Waals surface area contributed by atoms with E-state index in [1.807, 2.05) is 13.8 Å². The van der Waals surface area contributed by atoms with Crippen molar-refractivity contribution in [3.63, 3.8) is 0 Å². The zero-order valence-electron chi connectivity index (χ0n) is 13.3. The maximum atomic E-state index is 12.6. The van der Waals surface area contributed by atoms with Gasteiger partial charge in [-0.3, -0.25) is 9.59 Å². The summed E-state index contributed by atoms with van der Waals surface area (Å²) in [4.78, 5) is 26.2. The molecular weight excluding hydrogens is 292 g/mol. The molecule has 0 radical (unpaired) electrons. The van der Waals surface area contributed by atoms with Gasteiger partial charge in [0.1, 0.15) is 11.6 Å². The van der Waals surface area contributed by atoms with Gasteiger partial charge in [0.15, 0.2) is 9.84 Å². The maximum absolute atomic E-state index is 12.6. The zero-order chi connectivity index (χ0) is 16.3. The minimum atomic E-state index is -3.17. The van der Waals surface area contributed by atoms with Crippen LogP contribution in [-0.4, -0.2) is 54.8 Å². The average Bonchev–Trinajstić information content (AvgIpc) is 2.41. The Morgan fingerprint density at radius 2 is 1.81 bits per heavy atom. The largest absolute Gasteiger partial charge is 0.340 e. The van der Waals surface area contributed by atoms with Crippen molar-refractivity contribution in [3.8, 4) is 0 Å². The minimum absolute atomic E-state index is 0.0860. The van der Waals surface area contributed by atoms with Gasteiger partial charge in [-0.2, -0.15) is 0 Å². The summed E-state index contributed by atoms with van der Waals surface area (Å²) in [7, 11) is -3.17. The number of amides is 2. The van der Waals surface area contributed by atoms with Crippen molar-refractivity contribution in [1.29, 1.82) is 0 Å². The predicted octanol–water partition coefficient (Wildman–Crippen LogP) is 0.717. The highest BCUT2D eigenvalue weighted by atomic mass is 32.2. The molecule has 0 spiro atoms. The SMILES string of the molecule is CCCS(=O)(=O)CCN1C(=O)C(C)(CC)NC(=O)C1CC. The van der Waals surface area contributed by atoms with E-state index in [9.17, 15) is 18.0 Å². The van der Waals surface area contributed by atoms with Crippen LogP contribution in [0.3, 0.4) is 0 Å². The summed E-state index contributed by atoms with van der Waals surface area (Å²) >= 11 is 0. The van der Waals surface area contributed by atoms with E-state index in [1.54, 1.807) is 13.8 Å². The Labute approximate surface area is 127 Å². The van der Waals surface area contributed by atoms with E-state index in [-0.39, 0.29) is 29.9 Å². The standard InChI is InChI=1S/C14H26N2O4S/c1-5-9-21(19,20)10-8-16-11(6-2)12(17)15-14(4,7-3)13(16)18/h11H,5-10H2,1-4H3,(H,15,17). The Balaban J connectivity index is 2.93. The highest BCUT2D eigenvalue weighted by Crippen LogP contribution is 2.22. The van der Waals surface area contributed by atoms with Crippen LogP contribution in [0.5, 0.6) is 0 Å². The molecule has 6 nitrogen and oxygen atoms in total. The molecule has 0 saturated carbocycles. The Bertz CT molecular complexity index is 503. The maximum Gasteiger partial charge on any atom is 0.248 e. The van der Waals surface area contributed by atoms with Gasteiger partial charge in [0.05, 0.1) is 5.75 Å². The molecule has 2 unspecified atom stereocenters. The van der Waals surface area contributed by atoms with E-state index in [2.05, 4.69) is 5.32 Å². The molecule has 1 aliphatic rings. The Morgan fingerprint density at radius 1 is 1.19 bits per heavy atom. The summed E-state index contributed by atoms with van der Waals surface area (Å²) < 4.78 is 23.7. The molecule has 1 fully saturated rings. The molecule has 0 aromatic rings. The quantitative estimate of drug-likeness (QED) is 0.749. The van der Waals surface area contributed by atoms with E-state index in [4.69, 9.17) is 0 Å². The summed E-state index contributed by atoms with van der Waals surface area (Å²) in [5.41, 5.74) is -0.933. The number of carbonyl (C=O) groups excluding carboxylic acids is 2. The van der Waals surface area contributed by atoms with Crippen molar-refractivity contribution < 1.29 is 18.0 Å². The lowest BCUT2D eigenvalue weighted by atomic mass is 9.91. The summed E-state index contributed by atoms with van der Waals surface area (Å²) in [6.07, 6.45) is 1.51. The van der Waals surface area contributed by atoms with Crippen LogP contribution in [0.4, 0.5) is 0 Å². The first-order chi connectivity index (χ1) is 9.70. The molecule has 1 heterocycles. The molecule has 0 aromatic heterocycles. The zero-order valence-corrected chi connectivity index (χ0v) is 14.1. The van der Waals surface area contributed by atoms with Crippen LogP contribution in [0.15, 0.2) is 0 Å². The molecule has 1 aliphatic heterocycles. The number of piperazine rings is 1. The molecule has 1 saturated heterocycles. The van der Waals surface area contributed by atoms with E-state index in [0.717, 1.165) is 0 Å². The van der Waals surface area contributed by atoms with Gasteiger partial charge in [-0.05, 0) is 26.2 Å². The monoisotopic (exact) mass is 318 g/mol. The van der Waals surface area contributed by atoms with Crippen molar-refractivity contribution in [3.05, 3.63) is 0 Å².